The maximum Gasteiger partial charge on any atom is 0.119 e. The minimum atomic E-state index is -0.641. The van der Waals surface area contributed by atoms with Gasteiger partial charge in [-0.25, -0.2) is 0 Å². The molecule has 0 fully saturated rings. The van der Waals surface area contributed by atoms with Crippen LogP contribution in [-0.4, -0.2) is 0 Å². The molecule has 366 valence electrons. The smallest absolute Gasteiger partial charge is 0.119 e. The molecule has 0 saturated heterocycles. The molecule has 0 radical (unpaired) electrons. The van der Waals surface area contributed by atoms with E-state index in [1.54, 1.807) is 0 Å². The molecule has 11 aromatic carbocycles. The van der Waals surface area contributed by atoms with Crippen LogP contribution in [0.15, 0.2) is 273 Å². The summed E-state index contributed by atoms with van der Waals surface area (Å²) in [7, 11) is 0. The number of hydrogen-bond donors (Lipinski definition) is 0. The lowest BCUT2D eigenvalue weighted by Crippen LogP contribution is -2.29. The molecular weight excluding hydrogens is 919 g/mol. The van der Waals surface area contributed by atoms with Crippen molar-refractivity contribution in [3.63, 3.8) is 0 Å². The standard InChI is InChI=1S/C74H59NO/c1-4-52(3)54-32-30-53(31-33-54)50-76-64-44-38-60(39-45-64)74(59-36-28-51(2)29-37-59)70-27-17-15-25-66(70)68-47-43-63(49-72(68)74)75(61-40-34-56(35-41-61)55-18-8-5-9-19-55)62-42-46-67-65-24-14-16-26-69(65)73(71(67)48-62,57-20-10-6-11-21-57)58-22-12-7-13-23-58/h5-49,52H,4,50H2,1-3H3. The van der Waals surface area contributed by atoms with Crippen molar-refractivity contribution in [2.24, 2.45) is 0 Å². The Hall–Kier alpha value is -8.98. The SMILES string of the molecule is CCC(C)c1ccc(COc2ccc(C3(c4ccc(C)cc4)c4ccccc4-c4ccc(N(c5ccc(-c6ccccc6)cc5)c5ccc6c(c5)C(c5ccccc5)(c5ccccc5)c5ccccc5-6)cc43)cc2)cc1. The Labute approximate surface area is 448 Å². The number of benzene rings is 11. The van der Waals surface area contributed by atoms with Gasteiger partial charge in [0.2, 0.25) is 0 Å². The third-order valence-electron chi connectivity index (χ3n) is 16.6. The summed E-state index contributed by atoms with van der Waals surface area (Å²) < 4.78 is 6.53. The first-order valence-corrected chi connectivity index (χ1v) is 26.9. The summed E-state index contributed by atoms with van der Waals surface area (Å²) in [5.74, 6) is 1.39. The zero-order valence-corrected chi connectivity index (χ0v) is 43.3. The Bertz CT molecular complexity index is 3810. The summed E-state index contributed by atoms with van der Waals surface area (Å²) in [6, 6.07) is 101. The van der Waals surface area contributed by atoms with Crippen molar-refractivity contribution < 1.29 is 4.74 Å². The molecule has 2 atom stereocenters. The summed E-state index contributed by atoms with van der Waals surface area (Å²) in [5.41, 5.74) is 23.1. The normalized spacial score (nSPS) is 15.0. The van der Waals surface area contributed by atoms with Gasteiger partial charge >= 0.3 is 0 Å². The third-order valence-corrected chi connectivity index (χ3v) is 16.6. The molecule has 0 amide bonds. The average Bonchev–Trinajstić information content (AvgIpc) is 4.08. The summed E-state index contributed by atoms with van der Waals surface area (Å²) in [6.45, 7) is 7.21. The van der Waals surface area contributed by atoms with E-state index < -0.39 is 10.8 Å². The average molecular weight is 978 g/mol. The molecule has 0 heterocycles. The minimum absolute atomic E-state index is 0.507. The maximum absolute atomic E-state index is 6.53. The highest BCUT2D eigenvalue weighted by molar-refractivity contribution is 5.92. The molecule has 0 N–H and O–H groups in total. The van der Waals surface area contributed by atoms with Gasteiger partial charge in [-0.1, -0.05) is 244 Å². The van der Waals surface area contributed by atoms with E-state index in [1.165, 1.54) is 89.0 Å². The fraction of sp³-hybridized carbons (Fsp3) is 0.108. The Kier molecular flexibility index (Phi) is 11.9. The van der Waals surface area contributed by atoms with E-state index in [0.717, 1.165) is 34.8 Å². The van der Waals surface area contributed by atoms with E-state index in [0.29, 0.717) is 12.5 Å². The van der Waals surface area contributed by atoms with Gasteiger partial charge in [0.25, 0.3) is 0 Å². The Morgan fingerprint density at radius 2 is 0.803 bits per heavy atom. The molecule has 2 aliphatic rings. The third kappa shape index (κ3) is 7.70. The van der Waals surface area contributed by atoms with Crippen molar-refractivity contribution in [3.8, 4) is 39.1 Å². The Balaban J connectivity index is 0.999. The zero-order chi connectivity index (χ0) is 51.2. The molecule has 0 aromatic heterocycles. The van der Waals surface area contributed by atoms with Crippen LogP contribution in [-0.2, 0) is 17.4 Å². The molecule has 2 heteroatoms. The number of anilines is 3. The van der Waals surface area contributed by atoms with Crippen LogP contribution in [0.4, 0.5) is 17.1 Å². The first-order chi connectivity index (χ1) is 37.4. The molecule has 0 aliphatic heterocycles. The number of aryl methyl sites for hydroxylation is 1. The topological polar surface area (TPSA) is 12.5 Å². The first kappa shape index (κ1) is 46.8. The zero-order valence-electron chi connectivity index (χ0n) is 43.3. The number of fused-ring (bicyclic) bond motifs is 6. The lowest BCUT2D eigenvalue weighted by molar-refractivity contribution is 0.306. The van der Waals surface area contributed by atoms with Crippen LogP contribution in [0.25, 0.3) is 33.4 Å². The second kappa shape index (κ2) is 19.4. The molecule has 2 aliphatic carbocycles. The molecule has 76 heavy (non-hydrogen) atoms. The van der Waals surface area contributed by atoms with Crippen molar-refractivity contribution in [2.75, 3.05) is 4.90 Å². The largest absolute Gasteiger partial charge is 0.489 e. The van der Waals surface area contributed by atoms with E-state index in [1.807, 2.05) is 0 Å². The first-order valence-electron chi connectivity index (χ1n) is 26.9. The fourth-order valence-corrected chi connectivity index (χ4v) is 12.6. The molecule has 0 saturated carbocycles. The fourth-order valence-electron chi connectivity index (χ4n) is 12.6. The monoisotopic (exact) mass is 977 g/mol. The van der Waals surface area contributed by atoms with Gasteiger partial charge in [0.1, 0.15) is 12.4 Å². The maximum atomic E-state index is 6.53. The highest BCUT2D eigenvalue weighted by Gasteiger charge is 2.48. The van der Waals surface area contributed by atoms with Crippen LogP contribution in [0.5, 0.6) is 5.75 Å². The van der Waals surface area contributed by atoms with E-state index >= 15 is 0 Å². The van der Waals surface area contributed by atoms with Crippen molar-refractivity contribution in [1.29, 1.82) is 0 Å². The predicted octanol–water partition coefficient (Wildman–Crippen LogP) is 19.0. The lowest BCUT2D eigenvalue weighted by atomic mass is 9.67. The van der Waals surface area contributed by atoms with E-state index in [2.05, 4.69) is 299 Å². The Morgan fingerprint density at radius 3 is 1.32 bits per heavy atom. The van der Waals surface area contributed by atoms with E-state index in [9.17, 15) is 0 Å². The van der Waals surface area contributed by atoms with Gasteiger partial charge in [0.05, 0.1) is 10.8 Å². The molecule has 0 bridgehead atoms. The molecule has 2 nitrogen and oxygen atoms in total. The molecule has 13 rings (SSSR count). The summed E-state index contributed by atoms with van der Waals surface area (Å²) in [6.07, 6.45) is 1.12. The lowest BCUT2D eigenvalue weighted by Gasteiger charge is -2.36. The van der Waals surface area contributed by atoms with Gasteiger partial charge in [-0.3, -0.25) is 0 Å². The highest BCUT2D eigenvalue weighted by Crippen LogP contribution is 2.60. The highest BCUT2D eigenvalue weighted by atomic mass is 16.5. The number of rotatable bonds is 13. The van der Waals surface area contributed by atoms with Crippen molar-refractivity contribution in [2.45, 2.75) is 50.5 Å². The van der Waals surface area contributed by atoms with Crippen LogP contribution in [0.3, 0.4) is 0 Å². The van der Waals surface area contributed by atoms with Gasteiger partial charge in [-0.15, -0.1) is 0 Å². The quantitative estimate of drug-likeness (QED) is 0.114. The van der Waals surface area contributed by atoms with Gasteiger partial charge in [-0.2, -0.15) is 0 Å². The van der Waals surface area contributed by atoms with Crippen LogP contribution in [0.1, 0.15) is 87.4 Å². The minimum Gasteiger partial charge on any atom is -0.489 e. The van der Waals surface area contributed by atoms with Gasteiger partial charge < -0.3 is 9.64 Å². The van der Waals surface area contributed by atoms with Gasteiger partial charge in [0, 0.05) is 17.1 Å². The predicted molar refractivity (Wildman–Crippen MR) is 315 cm³/mol. The second-order valence-corrected chi connectivity index (χ2v) is 20.8. The van der Waals surface area contributed by atoms with E-state index in [4.69, 9.17) is 4.74 Å². The summed E-state index contributed by atoms with van der Waals surface area (Å²) in [5, 5.41) is 0. The molecular formula is C74H59NO. The second-order valence-electron chi connectivity index (χ2n) is 20.8. The van der Waals surface area contributed by atoms with Crippen LogP contribution >= 0.6 is 0 Å². The van der Waals surface area contributed by atoms with Crippen molar-refractivity contribution in [3.05, 3.63) is 334 Å². The molecule has 11 aromatic rings. The Morgan fingerprint density at radius 1 is 0.382 bits per heavy atom. The summed E-state index contributed by atoms with van der Waals surface area (Å²) in [4.78, 5) is 2.48. The van der Waals surface area contributed by atoms with E-state index in [-0.39, 0.29) is 0 Å². The number of ether oxygens (including phenoxy) is 1. The van der Waals surface area contributed by atoms with Crippen molar-refractivity contribution >= 4 is 17.1 Å². The molecule has 2 unspecified atom stereocenters. The van der Waals surface area contributed by atoms with Crippen LogP contribution in [0, 0.1) is 6.92 Å². The van der Waals surface area contributed by atoms with Crippen LogP contribution in [0.2, 0.25) is 0 Å². The molecule has 0 spiro atoms. The van der Waals surface area contributed by atoms with Crippen molar-refractivity contribution in [1.82, 2.24) is 0 Å². The van der Waals surface area contributed by atoms with Crippen LogP contribution < -0.4 is 9.64 Å². The summed E-state index contributed by atoms with van der Waals surface area (Å²) >= 11 is 0. The number of nitrogens with zero attached hydrogens (tertiary/aromatic N) is 1. The number of hydrogen-bond acceptors (Lipinski definition) is 2. The van der Waals surface area contributed by atoms with Gasteiger partial charge in [-0.05, 0) is 157 Å². The van der Waals surface area contributed by atoms with Gasteiger partial charge in [0.15, 0.2) is 0 Å².